The summed E-state index contributed by atoms with van der Waals surface area (Å²) in [5.74, 6) is -0.647. The van der Waals surface area contributed by atoms with E-state index in [-0.39, 0.29) is 18.8 Å². The molecule has 2 aliphatic rings. The molecule has 1 aromatic carbocycles. The molecule has 12 heteroatoms. The molecule has 3 unspecified atom stereocenters. The zero-order valence-corrected chi connectivity index (χ0v) is 18.5. The van der Waals surface area contributed by atoms with Crippen molar-refractivity contribution in [3.05, 3.63) is 64.9 Å². The van der Waals surface area contributed by atoms with E-state index in [0.717, 1.165) is 5.56 Å². The summed E-state index contributed by atoms with van der Waals surface area (Å²) in [6.07, 6.45) is -1.82. The highest BCUT2D eigenvalue weighted by Crippen LogP contribution is 2.57. The van der Waals surface area contributed by atoms with Gasteiger partial charge in [-0.3, -0.25) is 18.4 Å². The highest BCUT2D eigenvalue weighted by molar-refractivity contribution is 7.48. The number of nitrogens with two attached hydrogens (primary N) is 1. The molecule has 2 fully saturated rings. The molecule has 0 radical (unpaired) electrons. The first-order valence-electron chi connectivity index (χ1n) is 9.91. The maximum atomic E-state index is 13.0. The number of carbonyl (C=O) groups is 1. The Balaban J connectivity index is 1.41. The molecule has 0 aliphatic carbocycles. The summed E-state index contributed by atoms with van der Waals surface area (Å²) in [5, 5.41) is 21.3. The van der Waals surface area contributed by atoms with Crippen molar-refractivity contribution < 1.29 is 42.4 Å². The summed E-state index contributed by atoms with van der Waals surface area (Å²) in [7, 11) is -3.95. The average Bonchev–Trinajstić information content (AvgIpc) is 3.06. The third-order valence-electron chi connectivity index (χ3n) is 5.24. The molecule has 2 aromatic rings. The number of hydrogen-bond acceptors (Lipinski definition) is 8. The predicted octanol–water partition coefficient (Wildman–Crippen LogP) is 1.65. The van der Waals surface area contributed by atoms with Gasteiger partial charge in [0.2, 0.25) is 0 Å². The molecule has 3 heterocycles. The molecule has 172 valence electrons. The molecule has 32 heavy (non-hydrogen) atoms. The van der Waals surface area contributed by atoms with Gasteiger partial charge in [-0.25, -0.2) is 4.57 Å². The molecule has 0 spiro atoms. The third-order valence-corrected chi connectivity index (χ3v) is 6.95. The zero-order chi connectivity index (χ0) is 22.9. The lowest BCUT2D eigenvalue weighted by molar-refractivity contribution is -0.765. The minimum atomic E-state index is -3.95. The summed E-state index contributed by atoms with van der Waals surface area (Å²) < 4.78 is 36.3. The summed E-state index contributed by atoms with van der Waals surface area (Å²) in [5.41, 5.74) is 6.23. The lowest BCUT2D eigenvalue weighted by Crippen LogP contribution is -2.46. The maximum Gasteiger partial charge on any atom is 0.475 e. The summed E-state index contributed by atoms with van der Waals surface area (Å²) in [4.78, 5) is 11.4. The number of phosphoric ester groups is 1. The number of primary amides is 1. The molecule has 2 aliphatic heterocycles. The van der Waals surface area contributed by atoms with Crippen molar-refractivity contribution in [3.8, 4) is 0 Å². The molecule has 4 N–H and O–H groups in total. The van der Waals surface area contributed by atoms with Gasteiger partial charge in [0.1, 0.15) is 17.8 Å². The van der Waals surface area contributed by atoms with Crippen LogP contribution in [0.5, 0.6) is 0 Å². The van der Waals surface area contributed by atoms with Crippen molar-refractivity contribution in [2.45, 2.75) is 37.1 Å². The second-order valence-electron chi connectivity index (χ2n) is 7.46. The first kappa shape index (κ1) is 23.3. The Labute approximate surface area is 189 Å². The minimum Gasteiger partial charge on any atom is -0.387 e. The number of carbonyl (C=O) groups excluding carboxylic acids is 1. The Bertz CT molecular complexity index is 1040. The fourth-order valence-corrected chi connectivity index (χ4v) is 5.18. The molecule has 6 atom stereocenters. The van der Waals surface area contributed by atoms with E-state index < -0.39 is 44.4 Å². The number of hydrogen-bond donors (Lipinski definition) is 3. The van der Waals surface area contributed by atoms with E-state index in [1.165, 1.54) is 16.8 Å². The van der Waals surface area contributed by atoms with Crippen molar-refractivity contribution in [1.82, 2.24) is 0 Å². The van der Waals surface area contributed by atoms with Gasteiger partial charge >= 0.3 is 7.82 Å². The van der Waals surface area contributed by atoms with E-state index in [9.17, 15) is 19.6 Å². The van der Waals surface area contributed by atoms with Crippen LogP contribution < -0.4 is 10.3 Å². The number of pyridine rings is 1. The predicted molar refractivity (Wildman–Crippen MR) is 110 cm³/mol. The monoisotopic (exact) mass is 485 g/mol. The van der Waals surface area contributed by atoms with Crippen molar-refractivity contribution in [1.29, 1.82) is 0 Å². The highest BCUT2D eigenvalue weighted by atomic mass is 35.5. The molecule has 4 rings (SSSR count). The second kappa shape index (κ2) is 9.54. The van der Waals surface area contributed by atoms with E-state index in [1.807, 2.05) is 0 Å². The van der Waals surface area contributed by atoms with Gasteiger partial charge in [0.15, 0.2) is 18.5 Å². The van der Waals surface area contributed by atoms with Crippen LogP contribution in [-0.2, 0) is 22.9 Å². The zero-order valence-electron chi connectivity index (χ0n) is 16.8. The number of benzene rings is 1. The number of halogens is 1. The normalized spacial score (nSPS) is 32.7. The van der Waals surface area contributed by atoms with Crippen molar-refractivity contribution >= 4 is 25.3 Å². The van der Waals surface area contributed by atoms with Crippen molar-refractivity contribution in [2.75, 3.05) is 13.2 Å². The Hall–Kier alpha value is -1.88. The molecule has 0 bridgehead atoms. The van der Waals surface area contributed by atoms with Crippen LogP contribution >= 0.6 is 19.4 Å². The van der Waals surface area contributed by atoms with Gasteiger partial charge in [0.05, 0.1) is 19.3 Å². The Kier molecular flexibility index (Phi) is 6.94. The third kappa shape index (κ3) is 5.03. The number of aliphatic hydroxyl groups excluding tert-OH is 2. The summed E-state index contributed by atoms with van der Waals surface area (Å²) >= 11 is 6.02. The topological polar surface area (TPSA) is 141 Å². The van der Waals surface area contributed by atoms with Gasteiger partial charge in [0, 0.05) is 17.5 Å². The number of aliphatic hydroxyl groups is 2. The van der Waals surface area contributed by atoms with Crippen LogP contribution in [0, 0.1) is 0 Å². The summed E-state index contributed by atoms with van der Waals surface area (Å²) in [6.45, 7) is -0.214. The first-order chi connectivity index (χ1) is 15.3. The number of ether oxygens (including phenoxy) is 1. The lowest BCUT2D eigenvalue weighted by Gasteiger charge is -2.29. The SMILES string of the molecule is NC(=O)c1ccc[n+]([C@@H]2OC(COP3(=O)OCCC(c4cccc(Cl)c4)O3)[C@@H](O)[C@H]2O)c1. The number of nitrogens with zero attached hydrogens (tertiary/aromatic N) is 1. The number of amides is 1. The standard InChI is InChI=1S/C20H22ClN2O8P/c21-14-5-1-3-12(9-14)15-6-8-28-32(27,31-15)29-11-16-17(24)18(25)20(30-16)23-7-2-4-13(10-23)19(22)26/h1-5,7,9-10,15-18,20,24-25H,6,8,11H2,(H-,22,26)/p+1/t15?,16?,17-,18-,20-,32?/m1/s1. The molecule has 2 saturated heterocycles. The lowest BCUT2D eigenvalue weighted by atomic mass is 10.1. The molecule has 10 nitrogen and oxygen atoms in total. The van der Waals surface area contributed by atoms with Gasteiger partial charge in [-0.1, -0.05) is 23.7 Å². The van der Waals surface area contributed by atoms with Gasteiger partial charge < -0.3 is 20.7 Å². The Morgan fingerprint density at radius 1 is 1.28 bits per heavy atom. The smallest absolute Gasteiger partial charge is 0.387 e. The van der Waals surface area contributed by atoms with Crippen LogP contribution in [0.25, 0.3) is 0 Å². The molecule has 1 amide bonds. The van der Waals surface area contributed by atoms with Crippen LogP contribution in [0.15, 0.2) is 48.8 Å². The molecular weight excluding hydrogens is 463 g/mol. The number of phosphoric acid groups is 1. The molecule has 0 saturated carbocycles. The van der Waals surface area contributed by atoms with Crippen LogP contribution in [0.1, 0.15) is 34.7 Å². The van der Waals surface area contributed by atoms with E-state index in [4.69, 9.17) is 35.6 Å². The fourth-order valence-electron chi connectivity index (χ4n) is 3.59. The van der Waals surface area contributed by atoms with Gasteiger partial charge in [0.25, 0.3) is 12.1 Å². The van der Waals surface area contributed by atoms with E-state index in [0.29, 0.717) is 11.4 Å². The summed E-state index contributed by atoms with van der Waals surface area (Å²) in [6, 6.07) is 10.1. The number of rotatable bonds is 6. The van der Waals surface area contributed by atoms with Gasteiger partial charge in [-0.15, -0.1) is 0 Å². The van der Waals surface area contributed by atoms with Crippen molar-refractivity contribution in [3.63, 3.8) is 0 Å². The maximum absolute atomic E-state index is 13.0. The van der Waals surface area contributed by atoms with Crippen LogP contribution in [0.3, 0.4) is 0 Å². The highest BCUT2D eigenvalue weighted by Gasteiger charge is 2.49. The molecule has 1 aromatic heterocycles. The van der Waals surface area contributed by atoms with Crippen molar-refractivity contribution in [2.24, 2.45) is 5.73 Å². The van der Waals surface area contributed by atoms with E-state index in [1.54, 1.807) is 36.5 Å². The fraction of sp³-hybridized carbons (Fsp3) is 0.400. The Morgan fingerprint density at radius 3 is 2.84 bits per heavy atom. The minimum absolute atomic E-state index is 0.142. The van der Waals surface area contributed by atoms with Gasteiger partial charge in [-0.05, 0) is 23.8 Å². The molecular formula is C20H23ClN2O8P+. The largest absolute Gasteiger partial charge is 0.475 e. The number of aromatic nitrogens is 1. The van der Waals surface area contributed by atoms with E-state index in [2.05, 4.69) is 0 Å². The van der Waals surface area contributed by atoms with Crippen LogP contribution in [0.4, 0.5) is 0 Å². The van der Waals surface area contributed by atoms with Crippen LogP contribution in [-0.4, -0.2) is 47.6 Å². The first-order valence-corrected chi connectivity index (χ1v) is 11.7. The average molecular weight is 486 g/mol. The van der Waals surface area contributed by atoms with Gasteiger partial charge in [-0.2, -0.15) is 4.57 Å². The quantitative estimate of drug-likeness (QED) is 0.414. The Morgan fingerprint density at radius 2 is 2.09 bits per heavy atom. The second-order valence-corrected chi connectivity index (χ2v) is 9.52. The van der Waals surface area contributed by atoms with Crippen LogP contribution in [0.2, 0.25) is 5.02 Å². The van der Waals surface area contributed by atoms with E-state index >= 15 is 0 Å².